The average Bonchev–Trinajstić information content (AvgIpc) is 2.55. The summed E-state index contributed by atoms with van der Waals surface area (Å²) in [6, 6.07) is 11.0. The van der Waals surface area contributed by atoms with Crippen molar-refractivity contribution in [1.82, 2.24) is 9.88 Å². The lowest BCUT2D eigenvalue weighted by atomic mass is 10.1. The lowest BCUT2D eigenvalue weighted by molar-refractivity contribution is -0.0227. The third-order valence-electron chi connectivity index (χ3n) is 3.53. The summed E-state index contributed by atoms with van der Waals surface area (Å²) in [6.07, 6.45) is 3.07. The Balaban J connectivity index is 1.77. The predicted octanol–water partition coefficient (Wildman–Crippen LogP) is 2.95. The molecule has 1 aliphatic rings. The summed E-state index contributed by atoms with van der Waals surface area (Å²) in [6.45, 7) is 1.60. The number of ether oxygens (including phenoxy) is 1. The highest BCUT2D eigenvalue weighted by Crippen LogP contribution is 2.28. The van der Waals surface area contributed by atoms with E-state index in [1.807, 2.05) is 24.3 Å². The van der Waals surface area contributed by atoms with Crippen LogP contribution in [0.5, 0.6) is 0 Å². The number of benzene rings is 1. The second-order valence-electron chi connectivity index (χ2n) is 4.87. The number of pyridine rings is 1. The number of carbonyl (C=O) groups is 1. The summed E-state index contributed by atoms with van der Waals surface area (Å²) in [5, 5.41) is 0.667. The molecule has 1 unspecified atom stereocenters. The lowest BCUT2D eigenvalue weighted by Crippen LogP contribution is -2.42. The van der Waals surface area contributed by atoms with Crippen LogP contribution in [0.1, 0.15) is 22.0 Å². The molecule has 4 nitrogen and oxygen atoms in total. The SMILES string of the molecule is O=C(c1ccncc1)N1CCOC(c2ccccc2Cl)C1. The number of aromatic nitrogens is 1. The zero-order valence-electron chi connectivity index (χ0n) is 11.4. The van der Waals surface area contributed by atoms with Gasteiger partial charge in [-0.15, -0.1) is 0 Å². The maximum atomic E-state index is 12.5. The first-order chi connectivity index (χ1) is 10.3. The fourth-order valence-corrected chi connectivity index (χ4v) is 2.69. The first kappa shape index (κ1) is 14.0. The average molecular weight is 303 g/mol. The second-order valence-corrected chi connectivity index (χ2v) is 5.28. The number of rotatable bonds is 2. The van der Waals surface area contributed by atoms with Gasteiger partial charge in [0.2, 0.25) is 0 Å². The van der Waals surface area contributed by atoms with Crippen molar-refractivity contribution >= 4 is 17.5 Å². The summed E-state index contributed by atoms with van der Waals surface area (Å²) in [4.78, 5) is 18.2. The smallest absolute Gasteiger partial charge is 0.254 e. The molecule has 0 saturated carbocycles. The van der Waals surface area contributed by atoms with Crippen LogP contribution in [-0.2, 0) is 4.74 Å². The highest BCUT2D eigenvalue weighted by Gasteiger charge is 2.27. The van der Waals surface area contributed by atoms with Crippen molar-refractivity contribution in [3.8, 4) is 0 Å². The maximum absolute atomic E-state index is 12.5. The first-order valence-electron chi connectivity index (χ1n) is 6.81. The van der Waals surface area contributed by atoms with Crippen molar-refractivity contribution in [2.75, 3.05) is 19.7 Å². The monoisotopic (exact) mass is 302 g/mol. The van der Waals surface area contributed by atoms with Crippen LogP contribution in [0.4, 0.5) is 0 Å². The van der Waals surface area contributed by atoms with E-state index in [1.165, 1.54) is 0 Å². The largest absolute Gasteiger partial charge is 0.370 e. The fourth-order valence-electron chi connectivity index (χ4n) is 2.44. The molecule has 2 aromatic rings. The van der Waals surface area contributed by atoms with Gasteiger partial charge in [-0.05, 0) is 18.2 Å². The van der Waals surface area contributed by atoms with E-state index in [2.05, 4.69) is 4.98 Å². The Morgan fingerprint density at radius 1 is 1.24 bits per heavy atom. The summed E-state index contributed by atoms with van der Waals surface area (Å²) >= 11 is 6.21. The van der Waals surface area contributed by atoms with Gasteiger partial charge in [0.1, 0.15) is 6.10 Å². The van der Waals surface area contributed by atoms with Crippen molar-refractivity contribution in [3.05, 3.63) is 64.9 Å². The highest BCUT2D eigenvalue weighted by molar-refractivity contribution is 6.31. The van der Waals surface area contributed by atoms with Crippen LogP contribution in [0.15, 0.2) is 48.8 Å². The van der Waals surface area contributed by atoms with E-state index in [-0.39, 0.29) is 12.0 Å². The Kier molecular flexibility index (Phi) is 4.18. The van der Waals surface area contributed by atoms with Gasteiger partial charge in [0.05, 0.1) is 13.2 Å². The maximum Gasteiger partial charge on any atom is 0.254 e. The summed E-state index contributed by atoms with van der Waals surface area (Å²) in [5.74, 6) is -0.00208. The summed E-state index contributed by atoms with van der Waals surface area (Å²) in [5.41, 5.74) is 1.57. The van der Waals surface area contributed by atoms with Gasteiger partial charge in [0.25, 0.3) is 5.91 Å². The summed E-state index contributed by atoms with van der Waals surface area (Å²) in [7, 11) is 0. The fraction of sp³-hybridized carbons (Fsp3) is 0.250. The molecule has 5 heteroatoms. The number of hydrogen-bond donors (Lipinski definition) is 0. The molecule has 1 saturated heterocycles. The molecule has 1 fully saturated rings. The molecule has 1 atom stereocenters. The van der Waals surface area contributed by atoms with Gasteiger partial charge in [0, 0.05) is 35.1 Å². The van der Waals surface area contributed by atoms with Gasteiger partial charge in [-0.25, -0.2) is 0 Å². The third kappa shape index (κ3) is 3.06. The van der Waals surface area contributed by atoms with Crippen molar-refractivity contribution in [3.63, 3.8) is 0 Å². The quantitative estimate of drug-likeness (QED) is 0.856. The van der Waals surface area contributed by atoms with Gasteiger partial charge < -0.3 is 9.64 Å². The predicted molar refractivity (Wildman–Crippen MR) is 80.3 cm³/mol. The van der Waals surface area contributed by atoms with Crippen molar-refractivity contribution in [1.29, 1.82) is 0 Å². The minimum atomic E-state index is -0.182. The molecule has 1 aromatic carbocycles. The normalized spacial score (nSPS) is 18.5. The molecule has 0 aliphatic carbocycles. The zero-order valence-corrected chi connectivity index (χ0v) is 12.2. The van der Waals surface area contributed by atoms with Crippen molar-refractivity contribution in [2.24, 2.45) is 0 Å². The number of hydrogen-bond acceptors (Lipinski definition) is 3. The Hall–Kier alpha value is -1.91. The Bertz CT molecular complexity index is 633. The van der Waals surface area contributed by atoms with Crippen LogP contribution in [-0.4, -0.2) is 35.5 Å². The molecule has 3 rings (SSSR count). The van der Waals surface area contributed by atoms with Gasteiger partial charge in [-0.1, -0.05) is 29.8 Å². The van der Waals surface area contributed by atoms with E-state index in [0.29, 0.717) is 30.3 Å². The van der Waals surface area contributed by atoms with Crippen LogP contribution >= 0.6 is 11.6 Å². The molecule has 0 N–H and O–H groups in total. The van der Waals surface area contributed by atoms with E-state index in [1.54, 1.807) is 29.4 Å². The second kappa shape index (κ2) is 6.24. The molecule has 0 radical (unpaired) electrons. The molecule has 0 spiro atoms. The van der Waals surface area contributed by atoms with Crippen molar-refractivity contribution < 1.29 is 9.53 Å². The number of halogens is 1. The molecule has 1 amide bonds. The van der Waals surface area contributed by atoms with Crippen molar-refractivity contribution in [2.45, 2.75) is 6.10 Å². The Morgan fingerprint density at radius 2 is 2.00 bits per heavy atom. The van der Waals surface area contributed by atoms with Crippen LogP contribution in [0.2, 0.25) is 5.02 Å². The van der Waals surface area contributed by atoms with Crippen LogP contribution in [0, 0.1) is 0 Å². The minimum absolute atomic E-state index is 0.00208. The van der Waals surface area contributed by atoms with Crippen LogP contribution < -0.4 is 0 Å². The molecule has 0 bridgehead atoms. The third-order valence-corrected chi connectivity index (χ3v) is 3.88. The lowest BCUT2D eigenvalue weighted by Gasteiger charge is -2.33. The summed E-state index contributed by atoms with van der Waals surface area (Å²) < 4.78 is 5.77. The van der Waals surface area contributed by atoms with Crippen LogP contribution in [0.3, 0.4) is 0 Å². The van der Waals surface area contributed by atoms with Gasteiger partial charge in [-0.3, -0.25) is 9.78 Å². The Morgan fingerprint density at radius 3 is 2.76 bits per heavy atom. The molecular weight excluding hydrogens is 288 g/mol. The molecular formula is C16H15ClN2O2. The van der Waals surface area contributed by atoms with Gasteiger partial charge >= 0.3 is 0 Å². The van der Waals surface area contributed by atoms with E-state index < -0.39 is 0 Å². The molecule has 1 aliphatic heterocycles. The standard InChI is InChI=1S/C16H15ClN2O2/c17-14-4-2-1-3-13(14)15-11-19(9-10-21-15)16(20)12-5-7-18-8-6-12/h1-8,15H,9-11H2. The molecule has 108 valence electrons. The highest BCUT2D eigenvalue weighted by atomic mass is 35.5. The molecule has 21 heavy (non-hydrogen) atoms. The van der Waals surface area contributed by atoms with E-state index in [0.717, 1.165) is 5.56 Å². The molecule has 1 aromatic heterocycles. The number of morpholine rings is 1. The minimum Gasteiger partial charge on any atom is -0.370 e. The zero-order chi connectivity index (χ0) is 14.7. The van der Waals surface area contributed by atoms with Gasteiger partial charge in [0.15, 0.2) is 0 Å². The number of amides is 1. The molecule has 2 heterocycles. The van der Waals surface area contributed by atoms with Gasteiger partial charge in [-0.2, -0.15) is 0 Å². The number of carbonyl (C=O) groups excluding carboxylic acids is 1. The van der Waals surface area contributed by atoms with E-state index in [9.17, 15) is 4.79 Å². The number of nitrogens with zero attached hydrogens (tertiary/aromatic N) is 2. The Labute approximate surface area is 128 Å². The topological polar surface area (TPSA) is 42.4 Å². The van der Waals surface area contributed by atoms with E-state index >= 15 is 0 Å². The van der Waals surface area contributed by atoms with Crippen LogP contribution in [0.25, 0.3) is 0 Å². The van der Waals surface area contributed by atoms with E-state index in [4.69, 9.17) is 16.3 Å². The first-order valence-corrected chi connectivity index (χ1v) is 7.19.